The second-order valence-corrected chi connectivity index (χ2v) is 4.40. The van der Waals surface area contributed by atoms with E-state index in [-0.39, 0.29) is 18.0 Å². The molecule has 5 nitrogen and oxygen atoms in total. The van der Waals surface area contributed by atoms with Gasteiger partial charge in [-0.05, 0) is 31.0 Å². The largest absolute Gasteiger partial charge is 0.399 e. The average molecular weight is 231 g/mol. The van der Waals surface area contributed by atoms with Crippen molar-refractivity contribution in [2.45, 2.75) is 18.9 Å². The third-order valence-electron chi connectivity index (χ3n) is 3.32. The lowest BCUT2D eigenvalue weighted by molar-refractivity contribution is -0.119. The SMILES string of the molecule is Nc1cccc(N2C(=O)[C@@H]3CCCN3C2=O)c1. The summed E-state index contributed by atoms with van der Waals surface area (Å²) in [5, 5.41) is 0. The van der Waals surface area contributed by atoms with Gasteiger partial charge in [0.2, 0.25) is 0 Å². The Labute approximate surface area is 98.8 Å². The van der Waals surface area contributed by atoms with Crippen LogP contribution in [0.4, 0.5) is 16.2 Å². The lowest BCUT2D eigenvalue weighted by Gasteiger charge is -2.15. The highest BCUT2D eigenvalue weighted by Gasteiger charge is 2.47. The number of fused-ring (bicyclic) bond motifs is 1. The van der Waals surface area contributed by atoms with Crippen LogP contribution in [-0.2, 0) is 4.79 Å². The molecule has 2 heterocycles. The first kappa shape index (κ1) is 10.1. The van der Waals surface area contributed by atoms with Gasteiger partial charge in [0, 0.05) is 12.2 Å². The van der Waals surface area contributed by atoms with E-state index >= 15 is 0 Å². The number of nitrogens with two attached hydrogens (primary N) is 1. The van der Waals surface area contributed by atoms with Gasteiger partial charge < -0.3 is 10.6 Å². The Morgan fingerprint density at radius 3 is 2.82 bits per heavy atom. The van der Waals surface area contributed by atoms with Crippen LogP contribution < -0.4 is 10.6 Å². The third kappa shape index (κ3) is 1.39. The summed E-state index contributed by atoms with van der Waals surface area (Å²) in [6, 6.07) is 6.38. The molecule has 0 unspecified atom stereocenters. The fourth-order valence-corrected chi connectivity index (χ4v) is 2.53. The molecule has 88 valence electrons. The van der Waals surface area contributed by atoms with Crippen LogP contribution >= 0.6 is 0 Å². The molecule has 1 aromatic rings. The number of nitrogen functional groups attached to an aromatic ring is 1. The van der Waals surface area contributed by atoms with E-state index < -0.39 is 0 Å². The molecule has 1 aromatic carbocycles. The van der Waals surface area contributed by atoms with E-state index in [1.807, 2.05) is 0 Å². The molecule has 3 amide bonds. The van der Waals surface area contributed by atoms with E-state index in [2.05, 4.69) is 0 Å². The number of hydrogen-bond donors (Lipinski definition) is 1. The standard InChI is InChI=1S/C12H13N3O2/c13-8-3-1-4-9(7-8)15-11(16)10-5-2-6-14(10)12(15)17/h1,3-4,7,10H,2,5-6,13H2/t10-/m0/s1. The number of carbonyl (C=O) groups is 2. The van der Waals surface area contributed by atoms with Crippen LogP contribution in [0, 0.1) is 0 Å². The van der Waals surface area contributed by atoms with Gasteiger partial charge in [-0.25, -0.2) is 9.69 Å². The fourth-order valence-electron chi connectivity index (χ4n) is 2.53. The minimum atomic E-state index is -0.260. The van der Waals surface area contributed by atoms with Gasteiger partial charge in [0.05, 0.1) is 5.69 Å². The van der Waals surface area contributed by atoms with E-state index in [4.69, 9.17) is 5.73 Å². The summed E-state index contributed by atoms with van der Waals surface area (Å²) in [7, 11) is 0. The van der Waals surface area contributed by atoms with E-state index in [1.165, 1.54) is 4.90 Å². The van der Waals surface area contributed by atoms with Gasteiger partial charge in [-0.2, -0.15) is 0 Å². The lowest BCUT2D eigenvalue weighted by Crippen LogP contribution is -2.33. The molecule has 2 fully saturated rings. The van der Waals surface area contributed by atoms with Crippen LogP contribution in [0.15, 0.2) is 24.3 Å². The second kappa shape index (κ2) is 3.48. The van der Waals surface area contributed by atoms with E-state index in [0.29, 0.717) is 17.9 Å². The van der Waals surface area contributed by atoms with E-state index in [0.717, 1.165) is 12.8 Å². The van der Waals surface area contributed by atoms with Crippen molar-refractivity contribution in [3.05, 3.63) is 24.3 Å². The summed E-state index contributed by atoms with van der Waals surface area (Å²) >= 11 is 0. The predicted molar refractivity (Wildman–Crippen MR) is 63.5 cm³/mol. The van der Waals surface area contributed by atoms with Crippen molar-refractivity contribution in [1.29, 1.82) is 0 Å². The highest BCUT2D eigenvalue weighted by atomic mass is 16.2. The number of amides is 3. The van der Waals surface area contributed by atoms with Crippen LogP contribution in [-0.4, -0.2) is 29.4 Å². The maximum atomic E-state index is 12.1. The topological polar surface area (TPSA) is 66.6 Å². The summed E-state index contributed by atoms with van der Waals surface area (Å²) in [5.74, 6) is -0.127. The predicted octanol–water partition coefficient (Wildman–Crippen LogP) is 1.20. The number of carbonyl (C=O) groups excluding carboxylic acids is 2. The molecule has 0 aromatic heterocycles. The first-order valence-electron chi connectivity index (χ1n) is 5.68. The van der Waals surface area contributed by atoms with Crippen molar-refractivity contribution in [2.24, 2.45) is 0 Å². The Morgan fingerprint density at radius 1 is 1.29 bits per heavy atom. The number of hydrogen-bond acceptors (Lipinski definition) is 3. The maximum absolute atomic E-state index is 12.1. The number of benzene rings is 1. The molecule has 5 heteroatoms. The van der Waals surface area contributed by atoms with Crippen LogP contribution in [0.2, 0.25) is 0 Å². The van der Waals surface area contributed by atoms with Crippen molar-refractivity contribution in [2.75, 3.05) is 17.2 Å². The molecule has 0 radical (unpaired) electrons. The highest BCUT2D eigenvalue weighted by molar-refractivity contribution is 6.21. The molecule has 2 aliphatic rings. The van der Waals surface area contributed by atoms with Gasteiger partial charge in [0.1, 0.15) is 6.04 Å². The van der Waals surface area contributed by atoms with Crippen LogP contribution in [0.3, 0.4) is 0 Å². The molecule has 1 atom stereocenters. The number of imide groups is 1. The van der Waals surface area contributed by atoms with Crippen molar-refractivity contribution in [1.82, 2.24) is 4.90 Å². The number of nitrogens with zero attached hydrogens (tertiary/aromatic N) is 2. The molecule has 3 rings (SSSR count). The molecular weight excluding hydrogens is 218 g/mol. The Morgan fingerprint density at radius 2 is 2.12 bits per heavy atom. The molecule has 0 bridgehead atoms. The van der Waals surface area contributed by atoms with Gasteiger partial charge in [0.25, 0.3) is 5.91 Å². The van der Waals surface area contributed by atoms with Crippen molar-refractivity contribution in [3.8, 4) is 0 Å². The summed E-state index contributed by atoms with van der Waals surface area (Å²) in [6.45, 7) is 0.675. The number of anilines is 2. The maximum Gasteiger partial charge on any atom is 0.332 e. The normalized spacial score (nSPS) is 23.4. The number of rotatable bonds is 1. The summed E-state index contributed by atoms with van der Waals surface area (Å²) in [5.41, 5.74) is 6.79. The van der Waals surface area contributed by atoms with Crippen molar-refractivity contribution in [3.63, 3.8) is 0 Å². The first-order chi connectivity index (χ1) is 8.18. The quantitative estimate of drug-likeness (QED) is 0.583. The third-order valence-corrected chi connectivity index (χ3v) is 3.32. The zero-order valence-electron chi connectivity index (χ0n) is 9.30. The molecular formula is C12H13N3O2. The van der Waals surface area contributed by atoms with Gasteiger partial charge in [-0.1, -0.05) is 6.07 Å². The molecule has 2 saturated heterocycles. The van der Waals surface area contributed by atoms with Crippen LogP contribution in [0.25, 0.3) is 0 Å². The number of urea groups is 1. The van der Waals surface area contributed by atoms with Crippen LogP contribution in [0.5, 0.6) is 0 Å². The fraction of sp³-hybridized carbons (Fsp3) is 0.333. The Bertz CT molecular complexity index is 478. The zero-order valence-corrected chi connectivity index (χ0v) is 9.30. The van der Waals surface area contributed by atoms with Crippen LogP contribution in [0.1, 0.15) is 12.8 Å². The molecule has 2 aliphatic heterocycles. The van der Waals surface area contributed by atoms with Gasteiger partial charge in [0.15, 0.2) is 0 Å². The smallest absolute Gasteiger partial charge is 0.332 e. The summed E-state index contributed by atoms with van der Waals surface area (Å²) in [4.78, 5) is 27.1. The Balaban J connectivity index is 1.99. The second-order valence-electron chi connectivity index (χ2n) is 4.40. The minimum Gasteiger partial charge on any atom is -0.399 e. The Hall–Kier alpha value is -2.04. The van der Waals surface area contributed by atoms with Gasteiger partial charge in [-0.15, -0.1) is 0 Å². The molecule has 0 spiro atoms. The van der Waals surface area contributed by atoms with Crippen molar-refractivity contribution >= 4 is 23.3 Å². The molecule has 2 N–H and O–H groups in total. The first-order valence-corrected chi connectivity index (χ1v) is 5.68. The lowest BCUT2D eigenvalue weighted by atomic mass is 10.2. The molecule has 17 heavy (non-hydrogen) atoms. The van der Waals surface area contributed by atoms with E-state index in [1.54, 1.807) is 29.2 Å². The zero-order chi connectivity index (χ0) is 12.0. The van der Waals surface area contributed by atoms with Gasteiger partial charge >= 0.3 is 6.03 Å². The van der Waals surface area contributed by atoms with Crippen molar-refractivity contribution < 1.29 is 9.59 Å². The molecule has 0 aliphatic carbocycles. The van der Waals surface area contributed by atoms with E-state index in [9.17, 15) is 9.59 Å². The summed E-state index contributed by atoms with van der Waals surface area (Å²) in [6.07, 6.45) is 1.68. The highest BCUT2D eigenvalue weighted by Crippen LogP contribution is 2.31. The minimum absolute atomic E-state index is 0.127. The van der Waals surface area contributed by atoms with Gasteiger partial charge in [-0.3, -0.25) is 4.79 Å². The monoisotopic (exact) mass is 231 g/mol. The molecule has 0 saturated carbocycles. The average Bonchev–Trinajstić information content (AvgIpc) is 2.84. The summed E-state index contributed by atoms with van der Waals surface area (Å²) < 4.78 is 0. The Kier molecular flexibility index (Phi) is 2.07.